The van der Waals surface area contributed by atoms with E-state index < -0.39 is 59.8 Å². The van der Waals surface area contributed by atoms with Gasteiger partial charge in [-0.15, -0.1) is 0 Å². The summed E-state index contributed by atoms with van der Waals surface area (Å²) in [4.78, 5) is 69.2. The molecule has 5 atom stereocenters. The number of nitrogens with one attached hydrogen (secondary N) is 1. The molecule has 2 rings (SSSR count). The van der Waals surface area contributed by atoms with Crippen LogP contribution in [0.3, 0.4) is 0 Å². The van der Waals surface area contributed by atoms with Crippen LogP contribution in [0.4, 0.5) is 0 Å². The molecule has 1 aromatic heterocycles. The molecule has 1 aliphatic heterocycles. The summed E-state index contributed by atoms with van der Waals surface area (Å²) in [6.07, 6.45) is -0.423. The summed E-state index contributed by atoms with van der Waals surface area (Å²) in [7, 11) is -18.1. The van der Waals surface area contributed by atoms with Gasteiger partial charge in [-0.2, -0.15) is 0 Å². The number of nitrogens with zero attached hydrogens (tertiary/aromatic N) is 1. The third-order valence-electron chi connectivity index (χ3n) is 3.83. The van der Waals surface area contributed by atoms with E-state index in [1.54, 1.807) is 0 Å². The average molecular weight is 547 g/mol. The molecule has 4 N–H and O–H groups in total. The maximum Gasteiger partial charge on any atom is 1.00 e. The molecule has 0 amide bonds. The van der Waals surface area contributed by atoms with Crippen LogP contribution in [0.1, 0.15) is 18.2 Å². The number of ether oxygens (including phenoxy) is 1. The van der Waals surface area contributed by atoms with Crippen LogP contribution in [0.25, 0.3) is 0 Å². The summed E-state index contributed by atoms with van der Waals surface area (Å²) in [5.74, 6) is 0. The van der Waals surface area contributed by atoms with Gasteiger partial charge in [0.1, 0.15) is 12.3 Å². The minimum atomic E-state index is -6.13. The van der Waals surface area contributed by atoms with Crippen molar-refractivity contribution < 1.29 is 132 Å². The molecule has 1 fully saturated rings. The molecule has 182 valence electrons. The van der Waals surface area contributed by atoms with E-state index in [2.05, 4.69) is 13.1 Å². The first-order valence-corrected chi connectivity index (χ1v) is 12.8. The number of hydrogen-bond acceptors (Lipinski definition) is 15. The first-order chi connectivity index (χ1) is 14.6. The van der Waals surface area contributed by atoms with Crippen LogP contribution in [0.15, 0.2) is 28.1 Å². The maximum absolute atomic E-state index is 12.1. The number of aromatic amines is 1. The number of nitrogens with two attached hydrogens (primary N) is 1. The molecule has 1 aromatic rings. The van der Waals surface area contributed by atoms with Crippen molar-refractivity contribution >= 4 is 23.5 Å². The van der Waals surface area contributed by atoms with Gasteiger partial charge < -0.3 is 44.2 Å². The number of phosphoric acid groups is 3. The SMILES string of the molecule is NC=CCc1cn([C@H]2C[C@H](O)[C@@H](COP(=O)([O-])OP(=O)([O-])OP(=O)([O-])[O-])O2)c(=O)[nH]c1=O.[Li+].[Li+].[Li+].[Li+]. The van der Waals surface area contributed by atoms with Gasteiger partial charge in [-0.05, 0) is 12.6 Å². The Hall–Kier alpha value is 0.940. The van der Waals surface area contributed by atoms with Gasteiger partial charge >= 0.3 is 81.1 Å². The number of allylic oxidation sites excluding steroid dienone is 1. The van der Waals surface area contributed by atoms with Crippen molar-refractivity contribution in [3.8, 4) is 0 Å². The Kier molecular flexibility index (Phi) is 19.5. The van der Waals surface area contributed by atoms with Crippen molar-refractivity contribution in [2.24, 2.45) is 5.73 Å². The fourth-order valence-electron chi connectivity index (χ4n) is 2.57. The van der Waals surface area contributed by atoms with E-state index in [1.807, 2.05) is 4.98 Å². The second kappa shape index (κ2) is 16.9. The molecule has 36 heavy (non-hydrogen) atoms. The summed E-state index contributed by atoms with van der Waals surface area (Å²) >= 11 is 0. The first kappa shape index (κ1) is 41.4. The predicted molar refractivity (Wildman–Crippen MR) is 93.8 cm³/mol. The molecule has 2 heterocycles. The molecule has 0 spiro atoms. The van der Waals surface area contributed by atoms with Crippen molar-refractivity contribution in [3.63, 3.8) is 0 Å². The van der Waals surface area contributed by atoms with Crippen molar-refractivity contribution in [2.75, 3.05) is 6.61 Å². The smallest absolute Gasteiger partial charge is 0.790 e. The fourth-order valence-corrected chi connectivity index (χ4v) is 5.43. The third kappa shape index (κ3) is 13.3. The van der Waals surface area contributed by atoms with E-state index in [-0.39, 0.29) is 93.8 Å². The molecule has 17 nitrogen and oxygen atoms in total. The van der Waals surface area contributed by atoms with Gasteiger partial charge in [-0.3, -0.25) is 27.8 Å². The molecule has 0 bridgehead atoms. The second-order valence-corrected chi connectivity index (χ2v) is 10.4. The maximum atomic E-state index is 12.1. The molecule has 2 unspecified atom stereocenters. The monoisotopic (exact) mass is 547 g/mol. The van der Waals surface area contributed by atoms with Gasteiger partial charge in [0.2, 0.25) is 0 Å². The largest absolute Gasteiger partial charge is 1.00 e. The number of hydrogen-bond donors (Lipinski definition) is 3. The van der Waals surface area contributed by atoms with Crippen LogP contribution >= 0.6 is 23.5 Å². The minimum Gasteiger partial charge on any atom is -0.790 e. The molecule has 0 aromatic carbocycles. The average Bonchev–Trinajstić information content (AvgIpc) is 2.97. The van der Waals surface area contributed by atoms with Gasteiger partial charge in [0.05, 0.1) is 20.5 Å². The van der Waals surface area contributed by atoms with Gasteiger partial charge in [0, 0.05) is 18.2 Å². The van der Waals surface area contributed by atoms with Crippen molar-refractivity contribution in [1.29, 1.82) is 0 Å². The van der Waals surface area contributed by atoms with Crippen LogP contribution in [0, 0.1) is 0 Å². The number of aromatic nitrogens is 2. The Bertz CT molecular complexity index is 1130. The van der Waals surface area contributed by atoms with Gasteiger partial charge in [-0.25, -0.2) is 9.11 Å². The second-order valence-electron chi connectivity index (χ2n) is 6.19. The Morgan fingerprint density at radius 3 is 2.22 bits per heavy atom. The Morgan fingerprint density at radius 1 is 1.11 bits per heavy atom. The Balaban J connectivity index is -0.00000272. The van der Waals surface area contributed by atoms with E-state index in [0.29, 0.717) is 0 Å². The number of aliphatic hydroxyl groups excluding tert-OH is 1. The van der Waals surface area contributed by atoms with Crippen LogP contribution < -0.4 is 112 Å². The third-order valence-corrected chi connectivity index (χ3v) is 7.49. The zero-order valence-electron chi connectivity index (χ0n) is 19.7. The molecule has 1 saturated heterocycles. The van der Waals surface area contributed by atoms with Crippen LogP contribution in [-0.4, -0.2) is 33.5 Å². The van der Waals surface area contributed by atoms with Crippen molar-refractivity contribution in [2.45, 2.75) is 31.3 Å². The summed E-state index contributed by atoms with van der Waals surface area (Å²) in [5.41, 5.74) is 3.76. The standard InChI is InChI=1S/C12H20N3O14P3.4Li/c13-3-1-2-7-5-15(12(18)14-11(7)17)10-4-8(16)9(27-10)6-26-31(22,23)29-32(24,25)28-30(19,20)21;;;;/h1,3,5,8-10,16H,2,4,6,13H2,(H,22,23)(H,24,25)(H,14,17,18)(H2,19,20,21);;;;/q;4*+1/p-4/t8-,9+,10+;;;;/m0..../s1. The number of aliphatic hydroxyl groups is 1. The number of phosphoric ester groups is 1. The zero-order chi connectivity index (χ0) is 24.3. The van der Waals surface area contributed by atoms with Crippen LogP contribution in [0.2, 0.25) is 0 Å². The quantitative estimate of drug-likeness (QED) is 0.181. The predicted octanol–water partition coefficient (Wildman–Crippen LogP) is -16.0. The van der Waals surface area contributed by atoms with E-state index in [0.717, 1.165) is 10.8 Å². The zero-order valence-corrected chi connectivity index (χ0v) is 22.4. The van der Waals surface area contributed by atoms with E-state index in [4.69, 9.17) is 10.5 Å². The van der Waals surface area contributed by atoms with E-state index >= 15 is 0 Å². The molecular formula is C12H16Li4N3O14P3. The van der Waals surface area contributed by atoms with Crippen LogP contribution in [0.5, 0.6) is 0 Å². The summed E-state index contributed by atoms with van der Waals surface area (Å²) in [5, 5.41) is 10.0. The van der Waals surface area contributed by atoms with E-state index in [9.17, 15) is 48.0 Å². The normalized spacial score (nSPS) is 22.8. The molecule has 24 heteroatoms. The Morgan fingerprint density at radius 2 is 1.69 bits per heavy atom. The van der Waals surface area contributed by atoms with Crippen LogP contribution in [-0.2, 0) is 38.0 Å². The topological polar surface area (TPSA) is 281 Å². The van der Waals surface area contributed by atoms with Crippen molar-refractivity contribution in [3.05, 3.63) is 44.9 Å². The molecular weight excluding hydrogens is 531 g/mol. The van der Waals surface area contributed by atoms with Gasteiger partial charge in [0.15, 0.2) is 0 Å². The summed E-state index contributed by atoms with van der Waals surface area (Å²) in [6.45, 7) is -1.02. The molecule has 1 aliphatic rings. The summed E-state index contributed by atoms with van der Waals surface area (Å²) in [6, 6.07) is 0. The van der Waals surface area contributed by atoms with Gasteiger partial charge in [0.25, 0.3) is 21.2 Å². The molecule has 0 aliphatic carbocycles. The first-order valence-electron chi connectivity index (χ1n) is 8.38. The number of H-pyrrole nitrogens is 1. The summed E-state index contributed by atoms with van der Waals surface area (Å²) < 4.78 is 49.9. The van der Waals surface area contributed by atoms with Gasteiger partial charge in [-0.1, -0.05) is 6.08 Å². The molecule has 0 saturated carbocycles. The fraction of sp³-hybridized carbons (Fsp3) is 0.500. The van der Waals surface area contributed by atoms with E-state index in [1.165, 1.54) is 12.3 Å². The van der Waals surface area contributed by atoms with Crippen molar-refractivity contribution in [1.82, 2.24) is 9.55 Å². The Labute approximate surface area is 251 Å². The minimum absolute atomic E-state index is 0. The molecule has 0 radical (unpaired) electrons. The number of rotatable bonds is 10.